The van der Waals surface area contributed by atoms with E-state index in [9.17, 15) is 27.9 Å². The molecule has 3 rings (SSSR count). The molecule has 1 fully saturated rings. The van der Waals surface area contributed by atoms with E-state index in [0.717, 1.165) is 6.07 Å². The number of hydrogen-bond donors (Lipinski definition) is 2. The Morgan fingerprint density at radius 1 is 1.36 bits per heavy atom. The van der Waals surface area contributed by atoms with Gasteiger partial charge in [-0.15, -0.1) is 13.2 Å². The summed E-state index contributed by atoms with van der Waals surface area (Å²) in [7, 11) is 0. The van der Waals surface area contributed by atoms with Gasteiger partial charge in [-0.05, 0) is 31.5 Å². The van der Waals surface area contributed by atoms with Gasteiger partial charge in [-0.3, -0.25) is 9.59 Å². The Balaban J connectivity index is 1.89. The summed E-state index contributed by atoms with van der Waals surface area (Å²) in [5.41, 5.74) is -0.611. The maximum Gasteiger partial charge on any atom is 0.573 e. The molecule has 1 atom stereocenters. The van der Waals surface area contributed by atoms with Crippen molar-refractivity contribution in [3.05, 3.63) is 30.0 Å². The number of halogens is 3. The maximum atomic E-state index is 12.6. The van der Waals surface area contributed by atoms with Crippen LogP contribution in [0.1, 0.15) is 23.8 Å². The lowest BCUT2D eigenvalue weighted by Gasteiger charge is -2.19. The predicted octanol–water partition coefficient (Wildman–Crippen LogP) is 3.00. The molecule has 1 amide bonds. The van der Waals surface area contributed by atoms with Gasteiger partial charge in [0.05, 0.1) is 5.41 Å². The van der Waals surface area contributed by atoms with Crippen LogP contribution in [0.2, 0.25) is 0 Å². The van der Waals surface area contributed by atoms with Gasteiger partial charge in [0, 0.05) is 24.0 Å². The molecule has 0 bridgehead atoms. The summed E-state index contributed by atoms with van der Waals surface area (Å²) in [6.07, 6.45) is -4.52. The highest BCUT2D eigenvalue weighted by molar-refractivity contribution is 6.00. The molecule has 2 N–H and O–H groups in total. The SMILES string of the molecule is C[C@@]1(C(=O)O)CCN(C(=O)c2cc3c(OC(F)(F)F)cccc3[nH]2)C1. The highest BCUT2D eigenvalue weighted by Crippen LogP contribution is 2.33. The van der Waals surface area contributed by atoms with E-state index in [2.05, 4.69) is 9.72 Å². The van der Waals surface area contributed by atoms with Crippen molar-refractivity contribution < 1.29 is 32.6 Å². The number of carboxylic acid groups (broad SMARTS) is 1. The molecule has 0 unspecified atom stereocenters. The van der Waals surface area contributed by atoms with E-state index in [1.165, 1.54) is 23.1 Å². The highest BCUT2D eigenvalue weighted by Gasteiger charge is 2.42. The fourth-order valence-corrected chi connectivity index (χ4v) is 2.94. The van der Waals surface area contributed by atoms with E-state index in [0.29, 0.717) is 11.9 Å². The van der Waals surface area contributed by atoms with E-state index in [1.807, 2.05) is 0 Å². The molecule has 2 heterocycles. The van der Waals surface area contributed by atoms with Crippen molar-refractivity contribution in [1.29, 1.82) is 0 Å². The van der Waals surface area contributed by atoms with Crippen molar-refractivity contribution in [2.75, 3.05) is 13.1 Å². The van der Waals surface area contributed by atoms with Gasteiger partial charge in [-0.25, -0.2) is 0 Å². The predicted molar refractivity (Wildman–Crippen MR) is 81.2 cm³/mol. The number of amides is 1. The van der Waals surface area contributed by atoms with E-state index >= 15 is 0 Å². The van der Waals surface area contributed by atoms with Crippen LogP contribution in [-0.4, -0.2) is 46.3 Å². The number of carbonyl (C=O) groups excluding carboxylic acids is 1. The number of aromatic nitrogens is 1. The Labute approximate surface area is 140 Å². The Kier molecular flexibility index (Phi) is 3.89. The Hall–Kier alpha value is -2.71. The van der Waals surface area contributed by atoms with Crippen molar-refractivity contribution in [3.8, 4) is 5.75 Å². The average Bonchev–Trinajstić information content (AvgIpc) is 3.10. The molecular weight excluding hydrogens is 341 g/mol. The lowest BCUT2D eigenvalue weighted by molar-refractivity contribution is -0.274. The molecule has 9 heteroatoms. The molecule has 0 aliphatic carbocycles. The lowest BCUT2D eigenvalue weighted by Crippen LogP contribution is -2.35. The van der Waals surface area contributed by atoms with Crippen molar-refractivity contribution in [2.45, 2.75) is 19.7 Å². The number of likely N-dealkylation sites (tertiary alicyclic amines) is 1. The van der Waals surface area contributed by atoms with Crippen molar-refractivity contribution in [1.82, 2.24) is 9.88 Å². The third kappa shape index (κ3) is 3.26. The first-order chi connectivity index (χ1) is 11.6. The van der Waals surface area contributed by atoms with Gasteiger partial charge in [0.25, 0.3) is 5.91 Å². The van der Waals surface area contributed by atoms with Crippen LogP contribution >= 0.6 is 0 Å². The molecule has 6 nitrogen and oxygen atoms in total. The molecule has 1 aromatic carbocycles. The molecular formula is C16H15F3N2O4. The zero-order chi connectivity index (χ0) is 18.4. The summed E-state index contributed by atoms with van der Waals surface area (Å²) in [5, 5.41) is 9.36. The molecule has 134 valence electrons. The third-order valence-electron chi connectivity index (χ3n) is 4.36. The number of hydrogen-bond acceptors (Lipinski definition) is 3. The number of carbonyl (C=O) groups is 2. The number of H-pyrrole nitrogens is 1. The average molecular weight is 356 g/mol. The number of rotatable bonds is 3. The quantitative estimate of drug-likeness (QED) is 0.886. The zero-order valence-electron chi connectivity index (χ0n) is 13.2. The number of fused-ring (bicyclic) bond motifs is 1. The van der Waals surface area contributed by atoms with Crippen LogP contribution in [0, 0.1) is 5.41 Å². The zero-order valence-corrected chi connectivity index (χ0v) is 13.2. The molecule has 25 heavy (non-hydrogen) atoms. The highest BCUT2D eigenvalue weighted by atomic mass is 19.4. The standard InChI is InChI=1S/C16H15F3N2O4/c1-15(14(23)24)5-6-21(8-15)13(22)11-7-9-10(20-11)3-2-4-12(9)25-16(17,18)19/h2-4,7,20H,5-6,8H2,1H3,(H,23,24)/t15-/m1/s1. The van der Waals surface area contributed by atoms with Gasteiger partial charge in [0.1, 0.15) is 11.4 Å². The lowest BCUT2D eigenvalue weighted by atomic mass is 9.90. The monoisotopic (exact) mass is 356 g/mol. The second-order valence-corrected chi connectivity index (χ2v) is 6.29. The Bertz CT molecular complexity index is 846. The number of carboxylic acids is 1. The second-order valence-electron chi connectivity index (χ2n) is 6.29. The first kappa shape index (κ1) is 17.1. The Morgan fingerprint density at radius 3 is 2.68 bits per heavy atom. The number of aliphatic carboxylic acids is 1. The largest absolute Gasteiger partial charge is 0.573 e. The molecule has 0 radical (unpaired) electrons. The first-order valence-corrected chi connectivity index (χ1v) is 7.49. The van der Waals surface area contributed by atoms with Crippen molar-refractivity contribution >= 4 is 22.8 Å². The molecule has 0 spiro atoms. The van der Waals surface area contributed by atoms with Crippen molar-refractivity contribution in [3.63, 3.8) is 0 Å². The number of nitrogens with zero attached hydrogens (tertiary/aromatic N) is 1. The van der Waals surface area contributed by atoms with Crippen LogP contribution in [0.5, 0.6) is 5.75 Å². The van der Waals surface area contributed by atoms with Crippen LogP contribution in [-0.2, 0) is 4.79 Å². The van der Waals surface area contributed by atoms with Gasteiger partial charge in [-0.1, -0.05) is 6.07 Å². The summed E-state index contributed by atoms with van der Waals surface area (Å²) < 4.78 is 41.4. The van der Waals surface area contributed by atoms with Crippen molar-refractivity contribution in [2.24, 2.45) is 5.41 Å². The van der Waals surface area contributed by atoms with E-state index in [-0.39, 0.29) is 24.2 Å². The van der Waals surface area contributed by atoms with Gasteiger partial charge in [0.2, 0.25) is 0 Å². The minimum atomic E-state index is -4.84. The van der Waals surface area contributed by atoms with Gasteiger partial charge >= 0.3 is 12.3 Å². The van der Waals surface area contributed by atoms with Crippen LogP contribution in [0.15, 0.2) is 24.3 Å². The molecule has 0 saturated carbocycles. The topological polar surface area (TPSA) is 82.6 Å². The fraction of sp³-hybridized carbons (Fsp3) is 0.375. The summed E-state index contributed by atoms with van der Waals surface area (Å²) >= 11 is 0. The number of alkyl halides is 3. The third-order valence-corrected chi connectivity index (χ3v) is 4.36. The minimum absolute atomic E-state index is 0.0441. The van der Waals surface area contributed by atoms with Gasteiger partial charge in [0.15, 0.2) is 0 Å². The maximum absolute atomic E-state index is 12.6. The molecule has 2 aromatic rings. The summed E-state index contributed by atoms with van der Waals surface area (Å²) in [6.45, 7) is 1.87. The van der Waals surface area contributed by atoms with Gasteiger partial charge in [-0.2, -0.15) is 0 Å². The molecule has 1 saturated heterocycles. The minimum Gasteiger partial charge on any atom is -0.481 e. The number of nitrogens with one attached hydrogen (secondary N) is 1. The first-order valence-electron chi connectivity index (χ1n) is 7.49. The van der Waals surface area contributed by atoms with Crippen LogP contribution in [0.4, 0.5) is 13.2 Å². The van der Waals surface area contributed by atoms with Crippen LogP contribution in [0.3, 0.4) is 0 Å². The van der Waals surface area contributed by atoms with E-state index in [4.69, 9.17) is 0 Å². The second kappa shape index (κ2) is 5.68. The number of aromatic amines is 1. The molecule has 1 aliphatic heterocycles. The normalized spacial score (nSPS) is 20.9. The molecule has 1 aromatic heterocycles. The Morgan fingerprint density at radius 2 is 2.08 bits per heavy atom. The van der Waals surface area contributed by atoms with Gasteiger partial charge < -0.3 is 19.7 Å². The number of benzene rings is 1. The molecule has 1 aliphatic rings. The summed E-state index contributed by atoms with van der Waals surface area (Å²) in [4.78, 5) is 28.0. The van der Waals surface area contributed by atoms with E-state index < -0.39 is 29.4 Å². The number of ether oxygens (including phenoxy) is 1. The van der Waals surface area contributed by atoms with Crippen LogP contribution in [0.25, 0.3) is 10.9 Å². The smallest absolute Gasteiger partial charge is 0.481 e. The van der Waals surface area contributed by atoms with E-state index in [1.54, 1.807) is 6.92 Å². The van der Waals surface area contributed by atoms with Crippen LogP contribution < -0.4 is 4.74 Å². The fourth-order valence-electron chi connectivity index (χ4n) is 2.94. The summed E-state index contributed by atoms with van der Waals surface area (Å²) in [5.74, 6) is -1.85. The summed E-state index contributed by atoms with van der Waals surface area (Å²) in [6, 6.07) is 5.36.